The van der Waals surface area contributed by atoms with Crippen LogP contribution in [0.3, 0.4) is 0 Å². The number of carboxylic acids is 1. The number of nitrogens with zero attached hydrogens (tertiary/aromatic N) is 1. The Hall–Kier alpha value is -1.34. The molecule has 0 spiro atoms. The first-order valence-corrected chi connectivity index (χ1v) is 6.98. The third-order valence-corrected chi connectivity index (χ3v) is 3.43. The van der Waals surface area contributed by atoms with Crippen molar-refractivity contribution in [3.8, 4) is 0 Å². The van der Waals surface area contributed by atoms with Gasteiger partial charge < -0.3 is 25.4 Å². The smallest absolute Gasteiger partial charge is 0.329 e. The molecule has 1 aliphatic rings. The first-order chi connectivity index (χ1) is 9.46. The number of urea groups is 1. The molecule has 0 bridgehead atoms. The fraction of sp³-hybridized carbons (Fsp3) is 0.846. The molecule has 1 rings (SSSR count). The van der Waals surface area contributed by atoms with Gasteiger partial charge in [0.2, 0.25) is 0 Å². The molecular formula is C13H25N3O4. The molecule has 3 N–H and O–H groups in total. The Labute approximate surface area is 119 Å². The van der Waals surface area contributed by atoms with E-state index in [9.17, 15) is 14.7 Å². The van der Waals surface area contributed by atoms with Crippen molar-refractivity contribution in [2.75, 3.05) is 40.4 Å². The van der Waals surface area contributed by atoms with Crippen LogP contribution in [0.5, 0.6) is 0 Å². The second kappa shape index (κ2) is 8.06. The van der Waals surface area contributed by atoms with E-state index in [0.717, 1.165) is 19.4 Å². The lowest BCUT2D eigenvalue weighted by Crippen LogP contribution is -2.59. The van der Waals surface area contributed by atoms with Crippen LogP contribution in [-0.4, -0.2) is 67.9 Å². The highest BCUT2D eigenvalue weighted by Crippen LogP contribution is 2.20. The maximum atomic E-state index is 11.8. The Kier molecular flexibility index (Phi) is 6.74. The lowest BCUT2D eigenvalue weighted by molar-refractivity contribution is -0.148. The summed E-state index contributed by atoms with van der Waals surface area (Å²) in [6.07, 6.45) is 2.47. The van der Waals surface area contributed by atoms with Crippen molar-refractivity contribution in [2.24, 2.45) is 0 Å². The normalized spacial score (nSPS) is 17.8. The molecule has 0 radical (unpaired) electrons. The number of carbonyl (C=O) groups excluding carboxylic acids is 1. The molecule has 7 nitrogen and oxygen atoms in total. The van der Waals surface area contributed by atoms with Crippen molar-refractivity contribution in [1.29, 1.82) is 0 Å². The molecule has 0 atom stereocenters. The molecule has 7 heteroatoms. The Morgan fingerprint density at radius 2 is 1.90 bits per heavy atom. The van der Waals surface area contributed by atoms with Crippen molar-refractivity contribution in [3.63, 3.8) is 0 Å². The molecule has 1 saturated heterocycles. The van der Waals surface area contributed by atoms with Crippen LogP contribution in [0, 0.1) is 0 Å². The van der Waals surface area contributed by atoms with Crippen molar-refractivity contribution >= 4 is 12.0 Å². The molecule has 0 saturated carbocycles. The molecule has 0 aromatic carbocycles. The lowest BCUT2D eigenvalue weighted by Gasteiger charge is -2.33. The van der Waals surface area contributed by atoms with E-state index in [0.29, 0.717) is 32.6 Å². The van der Waals surface area contributed by atoms with E-state index >= 15 is 0 Å². The molecular weight excluding hydrogens is 262 g/mol. The van der Waals surface area contributed by atoms with Crippen LogP contribution in [0.25, 0.3) is 0 Å². The number of hydrogen-bond acceptors (Lipinski definition) is 4. The van der Waals surface area contributed by atoms with E-state index < -0.39 is 17.5 Å². The number of nitrogens with one attached hydrogen (secondary N) is 2. The van der Waals surface area contributed by atoms with E-state index in [4.69, 9.17) is 4.74 Å². The molecule has 20 heavy (non-hydrogen) atoms. The largest absolute Gasteiger partial charge is 0.480 e. The molecule has 2 amide bonds. The van der Waals surface area contributed by atoms with Gasteiger partial charge in [-0.05, 0) is 33.5 Å². The minimum Gasteiger partial charge on any atom is -0.480 e. The van der Waals surface area contributed by atoms with Crippen LogP contribution < -0.4 is 10.6 Å². The van der Waals surface area contributed by atoms with Gasteiger partial charge >= 0.3 is 12.0 Å². The maximum absolute atomic E-state index is 11.8. The molecule has 1 heterocycles. The van der Waals surface area contributed by atoms with E-state index in [2.05, 4.69) is 15.5 Å². The highest BCUT2D eigenvalue weighted by Gasteiger charge is 2.41. The van der Waals surface area contributed by atoms with Gasteiger partial charge in [-0.15, -0.1) is 0 Å². The highest BCUT2D eigenvalue weighted by atomic mass is 16.5. The van der Waals surface area contributed by atoms with Crippen LogP contribution in [0.1, 0.15) is 25.7 Å². The standard InChI is InChI=1S/C13H25N3O4/c1-16(2)8-4-3-7-14-12(19)15-13(11(17)18)5-9-20-10-6-13/h3-10H2,1-2H3,(H,17,18)(H2,14,15,19). The summed E-state index contributed by atoms with van der Waals surface area (Å²) in [7, 11) is 4.00. The maximum Gasteiger partial charge on any atom is 0.329 e. The van der Waals surface area contributed by atoms with Gasteiger partial charge in [0.05, 0.1) is 0 Å². The zero-order chi connectivity index (χ0) is 15.0. The van der Waals surface area contributed by atoms with Crippen molar-refractivity contribution in [1.82, 2.24) is 15.5 Å². The minimum atomic E-state index is -1.19. The van der Waals surface area contributed by atoms with Crippen LogP contribution in [0.2, 0.25) is 0 Å². The number of aliphatic carboxylic acids is 1. The van der Waals surface area contributed by atoms with Crippen LogP contribution in [0.15, 0.2) is 0 Å². The molecule has 0 aliphatic carbocycles. The predicted octanol–water partition coefficient (Wildman–Crippen LogP) is 0.261. The number of ether oxygens (including phenoxy) is 1. The topological polar surface area (TPSA) is 90.9 Å². The summed E-state index contributed by atoms with van der Waals surface area (Å²) in [5.74, 6) is -0.997. The number of rotatable bonds is 7. The molecule has 0 aromatic heterocycles. The van der Waals surface area contributed by atoms with Crippen LogP contribution >= 0.6 is 0 Å². The third-order valence-electron chi connectivity index (χ3n) is 3.43. The van der Waals surface area contributed by atoms with Gasteiger partial charge in [-0.2, -0.15) is 0 Å². The summed E-state index contributed by atoms with van der Waals surface area (Å²) in [4.78, 5) is 25.2. The molecule has 1 aliphatic heterocycles. The van der Waals surface area contributed by atoms with Gasteiger partial charge in [-0.25, -0.2) is 9.59 Å². The van der Waals surface area contributed by atoms with Crippen LogP contribution in [-0.2, 0) is 9.53 Å². The van der Waals surface area contributed by atoms with Gasteiger partial charge in [0.25, 0.3) is 0 Å². The minimum absolute atomic E-state index is 0.302. The van der Waals surface area contributed by atoms with Crippen molar-refractivity contribution in [2.45, 2.75) is 31.2 Å². The fourth-order valence-electron chi connectivity index (χ4n) is 2.13. The Morgan fingerprint density at radius 3 is 2.45 bits per heavy atom. The molecule has 0 unspecified atom stereocenters. The highest BCUT2D eigenvalue weighted by molar-refractivity contribution is 5.86. The van der Waals surface area contributed by atoms with Crippen LogP contribution in [0.4, 0.5) is 4.79 Å². The Balaban J connectivity index is 2.30. The average Bonchev–Trinajstić information content (AvgIpc) is 2.38. The van der Waals surface area contributed by atoms with Gasteiger partial charge in [-0.3, -0.25) is 0 Å². The van der Waals surface area contributed by atoms with Gasteiger partial charge in [0.1, 0.15) is 5.54 Å². The zero-order valence-corrected chi connectivity index (χ0v) is 12.3. The summed E-state index contributed by atoms with van der Waals surface area (Å²) in [5.41, 5.74) is -1.19. The van der Waals surface area contributed by atoms with Gasteiger partial charge in [0, 0.05) is 32.6 Å². The van der Waals surface area contributed by atoms with Gasteiger partial charge in [-0.1, -0.05) is 0 Å². The number of amides is 2. The summed E-state index contributed by atoms with van der Waals surface area (Å²) < 4.78 is 5.15. The number of carboxylic acid groups (broad SMARTS) is 1. The van der Waals surface area contributed by atoms with E-state index in [1.807, 2.05) is 14.1 Å². The molecule has 1 fully saturated rings. The van der Waals surface area contributed by atoms with E-state index in [-0.39, 0.29) is 0 Å². The monoisotopic (exact) mass is 287 g/mol. The summed E-state index contributed by atoms with van der Waals surface area (Å²) in [6.45, 7) is 2.23. The third kappa shape index (κ3) is 5.34. The molecule has 116 valence electrons. The Bertz CT molecular complexity index is 328. The second-order valence-electron chi connectivity index (χ2n) is 5.39. The first-order valence-electron chi connectivity index (χ1n) is 6.98. The number of unbranched alkanes of at least 4 members (excludes halogenated alkanes) is 1. The first kappa shape index (κ1) is 16.7. The fourth-order valence-corrected chi connectivity index (χ4v) is 2.13. The summed E-state index contributed by atoms with van der Waals surface area (Å²) >= 11 is 0. The van der Waals surface area contributed by atoms with Gasteiger partial charge in [0.15, 0.2) is 0 Å². The van der Waals surface area contributed by atoms with E-state index in [1.165, 1.54) is 0 Å². The van der Waals surface area contributed by atoms with E-state index in [1.54, 1.807) is 0 Å². The summed E-state index contributed by atoms with van der Waals surface area (Å²) in [5, 5.41) is 14.6. The summed E-state index contributed by atoms with van der Waals surface area (Å²) in [6, 6.07) is -0.417. The number of carbonyl (C=O) groups is 2. The quantitative estimate of drug-likeness (QED) is 0.584. The predicted molar refractivity (Wildman–Crippen MR) is 74.7 cm³/mol. The lowest BCUT2D eigenvalue weighted by atomic mass is 9.90. The SMILES string of the molecule is CN(C)CCCCNC(=O)NC1(C(=O)O)CCOCC1. The number of hydrogen-bond donors (Lipinski definition) is 3. The Morgan fingerprint density at radius 1 is 1.25 bits per heavy atom. The van der Waals surface area contributed by atoms with Crippen molar-refractivity contribution < 1.29 is 19.4 Å². The second-order valence-corrected chi connectivity index (χ2v) is 5.39. The average molecular weight is 287 g/mol. The van der Waals surface area contributed by atoms with Crippen molar-refractivity contribution in [3.05, 3.63) is 0 Å². The molecule has 0 aromatic rings. The zero-order valence-electron chi connectivity index (χ0n) is 12.3.